The molecule has 2 aromatic carbocycles. The predicted molar refractivity (Wildman–Crippen MR) is 110 cm³/mol. The van der Waals surface area contributed by atoms with E-state index in [-0.39, 0.29) is 5.91 Å². The summed E-state index contributed by atoms with van der Waals surface area (Å²) in [6.45, 7) is 6.36. The molecular weight excluding hydrogens is 324 g/mol. The number of benzene rings is 2. The van der Waals surface area contributed by atoms with Gasteiger partial charge in [-0.3, -0.25) is 4.79 Å². The Kier molecular flexibility index (Phi) is 5.47. The Balaban J connectivity index is 1.71. The van der Waals surface area contributed by atoms with E-state index >= 15 is 0 Å². The minimum atomic E-state index is -0.0829. The normalized spacial score (nSPS) is 15.0. The lowest BCUT2D eigenvalue weighted by Gasteiger charge is -2.35. The molecule has 0 radical (unpaired) electrons. The highest BCUT2D eigenvalue weighted by Gasteiger charge is 2.16. The van der Waals surface area contributed by atoms with Gasteiger partial charge in [-0.15, -0.1) is 0 Å². The first-order valence-electron chi connectivity index (χ1n) is 9.07. The van der Waals surface area contributed by atoms with Crippen molar-refractivity contribution in [2.24, 2.45) is 0 Å². The van der Waals surface area contributed by atoms with E-state index in [4.69, 9.17) is 0 Å². The minimum Gasteiger partial charge on any atom is -0.378 e. The smallest absolute Gasteiger partial charge is 0.255 e. The van der Waals surface area contributed by atoms with Gasteiger partial charge >= 0.3 is 0 Å². The predicted octanol–water partition coefficient (Wildman–Crippen LogP) is 3.07. The van der Waals surface area contributed by atoms with Gasteiger partial charge < -0.3 is 20.0 Å². The van der Waals surface area contributed by atoms with E-state index in [0.717, 1.165) is 37.6 Å². The van der Waals surface area contributed by atoms with Gasteiger partial charge in [-0.2, -0.15) is 0 Å². The lowest BCUT2D eigenvalue weighted by molar-refractivity contribution is 0.102. The van der Waals surface area contributed by atoms with Gasteiger partial charge in [-0.1, -0.05) is 6.07 Å². The average Bonchev–Trinajstić information content (AvgIpc) is 2.63. The van der Waals surface area contributed by atoms with Gasteiger partial charge in [0.1, 0.15) is 0 Å². The lowest BCUT2D eigenvalue weighted by Crippen LogP contribution is -2.44. The first-order chi connectivity index (χ1) is 12.4. The Morgan fingerprint density at radius 1 is 1.04 bits per heavy atom. The number of nitrogens with zero attached hydrogens (tertiary/aromatic N) is 3. The highest BCUT2D eigenvalue weighted by molar-refractivity contribution is 6.05. The number of anilines is 3. The zero-order valence-corrected chi connectivity index (χ0v) is 16.1. The van der Waals surface area contributed by atoms with Crippen LogP contribution in [0.3, 0.4) is 0 Å². The van der Waals surface area contributed by atoms with Crippen molar-refractivity contribution >= 4 is 23.0 Å². The number of hydrogen-bond donors (Lipinski definition) is 1. The Morgan fingerprint density at radius 2 is 1.77 bits per heavy atom. The molecule has 1 amide bonds. The van der Waals surface area contributed by atoms with E-state index in [1.165, 1.54) is 11.3 Å². The summed E-state index contributed by atoms with van der Waals surface area (Å²) in [4.78, 5) is 19.3. The first kappa shape index (κ1) is 18.3. The molecule has 3 rings (SSSR count). The van der Waals surface area contributed by atoms with Crippen LogP contribution >= 0.6 is 0 Å². The van der Waals surface area contributed by atoms with E-state index in [1.807, 2.05) is 49.3 Å². The maximum atomic E-state index is 12.6. The van der Waals surface area contributed by atoms with Gasteiger partial charge in [0.05, 0.1) is 0 Å². The van der Waals surface area contributed by atoms with Crippen molar-refractivity contribution in [1.82, 2.24) is 4.90 Å². The third kappa shape index (κ3) is 4.17. The van der Waals surface area contributed by atoms with Crippen LogP contribution in [0.15, 0.2) is 42.5 Å². The summed E-state index contributed by atoms with van der Waals surface area (Å²) in [5.74, 6) is -0.0829. The number of nitrogens with one attached hydrogen (secondary N) is 1. The van der Waals surface area contributed by atoms with Crippen LogP contribution in [0, 0.1) is 6.92 Å². The highest BCUT2D eigenvalue weighted by Crippen LogP contribution is 2.25. The summed E-state index contributed by atoms with van der Waals surface area (Å²) in [6, 6.07) is 13.8. The fourth-order valence-electron chi connectivity index (χ4n) is 3.26. The van der Waals surface area contributed by atoms with Gasteiger partial charge in [0.2, 0.25) is 0 Å². The number of amides is 1. The van der Waals surface area contributed by atoms with E-state index in [1.54, 1.807) is 0 Å². The summed E-state index contributed by atoms with van der Waals surface area (Å²) in [6.07, 6.45) is 0. The molecule has 0 atom stereocenters. The molecule has 0 saturated carbocycles. The van der Waals surface area contributed by atoms with Crippen LogP contribution in [0.2, 0.25) is 0 Å². The third-order valence-electron chi connectivity index (χ3n) is 4.92. The fraction of sp³-hybridized carbons (Fsp3) is 0.381. The van der Waals surface area contributed by atoms with Crippen molar-refractivity contribution in [3.63, 3.8) is 0 Å². The maximum Gasteiger partial charge on any atom is 0.255 e. The van der Waals surface area contributed by atoms with Crippen LogP contribution in [0.25, 0.3) is 0 Å². The topological polar surface area (TPSA) is 38.8 Å². The zero-order valence-electron chi connectivity index (χ0n) is 16.1. The molecule has 0 aliphatic carbocycles. The van der Waals surface area contributed by atoms with Crippen molar-refractivity contribution in [2.75, 3.05) is 62.4 Å². The van der Waals surface area contributed by atoms with E-state index in [2.05, 4.69) is 41.2 Å². The second kappa shape index (κ2) is 7.79. The Labute approximate surface area is 156 Å². The molecule has 0 unspecified atom stereocenters. The molecular formula is C21H28N4O. The van der Waals surface area contributed by atoms with E-state index in [9.17, 15) is 4.79 Å². The standard InChI is InChI=1S/C21H28N4O/c1-16-14-18(8-9-20(16)25-12-10-24(4)11-13-25)22-21(26)17-6-5-7-19(15-17)23(2)3/h5-9,14-15H,10-13H2,1-4H3,(H,22,26). The molecule has 1 heterocycles. The minimum absolute atomic E-state index is 0.0829. The van der Waals surface area contributed by atoms with Crippen molar-refractivity contribution in [1.29, 1.82) is 0 Å². The van der Waals surface area contributed by atoms with Gasteiger partial charge in [-0.05, 0) is 55.9 Å². The molecule has 2 aromatic rings. The molecule has 1 aliphatic rings. The van der Waals surface area contributed by atoms with E-state index in [0.29, 0.717) is 5.56 Å². The molecule has 1 N–H and O–H groups in total. The van der Waals surface area contributed by atoms with Crippen molar-refractivity contribution in [3.05, 3.63) is 53.6 Å². The second-order valence-corrected chi connectivity index (χ2v) is 7.19. The number of aryl methyl sites for hydroxylation is 1. The van der Waals surface area contributed by atoms with Crippen LogP contribution in [-0.2, 0) is 0 Å². The molecule has 26 heavy (non-hydrogen) atoms. The summed E-state index contributed by atoms with van der Waals surface area (Å²) in [5.41, 5.74) is 4.96. The van der Waals surface area contributed by atoms with Crippen LogP contribution in [0.1, 0.15) is 15.9 Å². The molecule has 1 fully saturated rings. The monoisotopic (exact) mass is 352 g/mol. The summed E-state index contributed by atoms with van der Waals surface area (Å²) in [7, 11) is 6.10. The fourth-order valence-corrected chi connectivity index (χ4v) is 3.26. The number of carbonyl (C=O) groups excluding carboxylic acids is 1. The van der Waals surface area contributed by atoms with Crippen molar-refractivity contribution in [3.8, 4) is 0 Å². The number of hydrogen-bond acceptors (Lipinski definition) is 4. The quantitative estimate of drug-likeness (QED) is 0.918. The average molecular weight is 352 g/mol. The molecule has 5 nitrogen and oxygen atoms in total. The summed E-state index contributed by atoms with van der Waals surface area (Å²) < 4.78 is 0. The molecule has 5 heteroatoms. The third-order valence-corrected chi connectivity index (χ3v) is 4.92. The number of rotatable bonds is 4. The van der Waals surface area contributed by atoms with Crippen LogP contribution < -0.4 is 15.1 Å². The number of likely N-dealkylation sites (N-methyl/N-ethyl adjacent to an activating group) is 1. The van der Waals surface area contributed by atoms with Gasteiger partial charge in [-0.25, -0.2) is 0 Å². The molecule has 1 saturated heterocycles. The summed E-state index contributed by atoms with van der Waals surface area (Å²) >= 11 is 0. The maximum absolute atomic E-state index is 12.6. The number of carbonyl (C=O) groups is 1. The number of piperazine rings is 1. The van der Waals surface area contributed by atoms with E-state index < -0.39 is 0 Å². The Morgan fingerprint density at radius 3 is 2.42 bits per heavy atom. The lowest BCUT2D eigenvalue weighted by atomic mass is 10.1. The van der Waals surface area contributed by atoms with Gasteiger partial charge in [0.15, 0.2) is 0 Å². The van der Waals surface area contributed by atoms with Crippen LogP contribution in [0.4, 0.5) is 17.1 Å². The molecule has 0 aromatic heterocycles. The SMILES string of the molecule is Cc1cc(NC(=O)c2cccc(N(C)C)c2)ccc1N1CCN(C)CC1. The van der Waals surface area contributed by atoms with Crippen LogP contribution in [0.5, 0.6) is 0 Å². The van der Waals surface area contributed by atoms with Gasteiger partial charge in [0, 0.05) is 62.9 Å². The molecule has 138 valence electrons. The first-order valence-corrected chi connectivity index (χ1v) is 9.07. The Hall–Kier alpha value is -2.53. The summed E-state index contributed by atoms with van der Waals surface area (Å²) in [5, 5.41) is 3.02. The highest BCUT2D eigenvalue weighted by atomic mass is 16.1. The zero-order chi connectivity index (χ0) is 18.7. The van der Waals surface area contributed by atoms with Gasteiger partial charge in [0.25, 0.3) is 5.91 Å². The van der Waals surface area contributed by atoms with Crippen molar-refractivity contribution < 1.29 is 4.79 Å². The molecule has 0 spiro atoms. The van der Waals surface area contributed by atoms with Crippen molar-refractivity contribution in [2.45, 2.75) is 6.92 Å². The van der Waals surface area contributed by atoms with Crippen LogP contribution in [-0.4, -0.2) is 58.1 Å². The molecule has 0 bridgehead atoms. The molecule has 1 aliphatic heterocycles. The Bertz CT molecular complexity index is 779. The largest absolute Gasteiger partial charge is 0.378 e. The second-order valence-electron chi connectivity index (χ2n) is 7.19.